The zero-order chi connectivity index (χ0) is 32.3. The van der Waals surface area contributed by atoms with Crippen LogP contribution in [0.2, 0.25) is 0 Å². The van der Waals surface area contributed by atoms with Crippen LogP contribution in [0.4, 0.5) is 0 Å². The summed E-state index contributed by atoms with van der Waals surface area (Å²) in [5.41, 5.74) is 7.43. The van der Waals surface area contributed by atoms with Gasteiger partial charge in [-0.2, -0.15) is 0 Å². The molecule has 49 heavy (non-hydrogen) atoms. The summed E-state index contributed by atoms with van der Waals surface area (Å²) < 4.78 is 6.32. The van der Waals surface area contributed by atoms with E-state index in [1.807, 2.05) is 12.1 Å². The van der Waals surface area contributed by atoms with Crippen molar-refractivity contribution in [3.05, 3.63) is 180 Å². The van der Waals surface area contributed by atoms with Crippen LogP contribution in [-0.4, -0.2) is 5.84 Å². The Bertz CT molecular complexity index is 2740. The van der Waals surface area contributed by atoms with E-state index in [2.05, 4.69) is 162 Å². The predicted octanol–water partition coefficient (Wildman–Crippen LogP) is 11.0. The molecule has 1 aliphatic heterocycles. The van der Waals surface area contributed by atoms with Crippen molar-refractivity contribution in [2.45, 2.75) is 12.3 Å². The van der Waals surface area contributed by atoms with Gasteiger partial charge in [0.25, 0.3) is 0 Å². The fourth-order valence-corrected chi connectivity index (χ4v) is 7.66. The third-order valence-corrected chi connectivity index (χ3v) is 9.92. The largest absolute Gasteiger partial charge is 0.456 e. The molecule has 4 nitrogen and oxygen atoms in total. The third kappa shape index (κ3) is 4.61. The molecule has 0 spiro atoms. The third-order valence-electron chi connectivity index (χ3n) is 9.92. The van der Waals surface area contributed by atoms with E-state index < -0.39 is 0 Å². The van der Waals surface area contributed by atoms with Gasteiger partial charge < -0.3 is 9.73 Å². The van der Waals surface area contributed by atoms with Gasteiger partial charge in [-0.05, 0) is 84.9 Å². The molecule has 1 aromatic heterocycles. The first-order valence-electron chi connectivity index (χ1n) is 16.8. The topological polar surface area (TPSA) is 49.6 Å². The lowest BCUT2D eigenvalue weighted by Crippen LogP contribution is -2.45. The van der Waals surface area contributed by atoms with Crippen molar-refractivity contribution < 1.29 is 4.42 Å². The van der Waals surface area contributed by atoms with Crippen LogP contribution in [-0.2, 0) is 0 Å². The van der Waals surface area contributed by atoms with E-state index in [1.54, 1.807) is 0 Å². The Labute approximate surface area is 283 Å². The SMILES string of the molecule is c1ccc(C2N=C(c3cc(-c4cccc5oc6ccccc6c45)c4ccccc4c3)NC(c3cc4ccccc4c4ccccc34)N2)cc1. The molecule has 232 valence electrons. The Morgan fingerprint density at radius 2 is 1.14 bits per heavy atom. The summed E-state index contributed by atoms with van der Waals surface area (Å²) in [4.78, 5) is 5.36. The first-order chi connectivity index (χ1) is 24.3. The Kier molecular flexibility index (Phi) is 6.36. The summed E-state index contributed by atoms with van der Waals surface area (Å²) >= 11 is 0. The molecule has 10 rings (SSSR count). The second-order valence-electron chi connectivity index (χ2n) is 12.8. The number of hydrogen-bond acceptors (Lipinski definition) is 4. The molecule has 1 aliphatic rings. The zero-order valence-electron chi connectivity index (χ0n) is 26.6. The van der Waals surface area contributed by atoms with Crippen LogP contribution in [0.3, 0.4) is 0 Å². The Hall–Kier alpha value is -6.23. The van der Waals surface area contributed by atoms with E-state index in [0.717, 1.165) is 55.4 Å². The Morgan fingerprint density at radius 1 is 0.490 bits per heavy atom. The first-order valence-corrected chi connectivity index (χ1v) is 16.8. The number of fused-ring (bicyclic) bond motifs is 7. The molecule has 0 aliphatic carbocycles. The summed E-state index contributed by atoms with van der Waals surface area (Å²) in [5.74, 6) is 0.853. The van der Waals surface area contributed by atoms with Gasteiger partial charge in [0.2, 0.25) is 0 Å². The normalized spacial score (nSPS) is 16.4. The van der Waals surface area contributed by atoms with Crippen LogP contribution < -0.4 is 10.6 Å². The Morgan fingerprint density at radius 3 is 1.98 bits per heavy atom. The van der Waals surface area contributed by atoms with Crippen LogP contribution in [0.15, 0.2) is 173 Å². The summed E-state index contributed by atoms with van der Waals surface area (Å²) in [7, 11) is 0. The molecule has 0 saturated heterocycles. The van der Waals surface area contributed by atoms with Crippen molar-refractivity contribution >= 4 is 60.1 Å². The number of benzene rings is 8. The lowest BCUT2D eigenvalue weighted by molar-refractivity contribution is 0.411. The van der Waals surface area contributed by atoms with Gasteiger partial charge in [0.1, 0.15) is 29.3 Å². The van der Waals surface area contributed by atoms with Crippen LogP contribution in [0, 0.1) is 0 Å². The van der Waals surface area contributed by atoms with Crippen molar-refractivity contribution in [3.63, 3.8) is 0 Å². The molecule has 0 saturated carbocycles. The van der Waals surface area contributed by atoms with Crippen molar-refractivity contribution in [3.8, 4) is 11.1 Å². The first kappa shape index (κ1) is 27.8. The molecule has 8 aromatic carbocycles. The van der Waals surface area contributed by atoms with Crippen LogP contribution in [0.25, 0.3) is 65.4 Å². The van der Waals surface area contributed by atoms with Crippen molar-refractivity contribution in [1.82, 2.24) is 10.6 Å². The minimum Gasteiger partial charge on any atom is -0.456 e. The van der Waals surface area contributed by atoms with E-state index in [0.29, 0.717) is 0 Å². The van der Waals surface area contributed by atoms with Gasteiger partial charge >= 0.3 is 0 Å². The highest BCUT2D eigenvalue weighted by molar-refractivity contribution is 6.17. The van der Waals surface area contributed by atoms with Crippen molar-refractivity contribution in [2.75, 3.05) is 0 Å². The predicted molar refractivity (Wildman–Crippen MR) is 203 cm³/mol. The van der Waals surface area contributed by atoms with Gasteiger partial charge in [-0.15, -0.1) is 0 Å². The maximum atomic E-state index is 6.32. The summed E-state index contributed by atoms with van der Waals surface area (Å²) in [6.07, 6.45) is -0.438. The van der Waals surface area contributed by atoms with E-state index in [9.17, 15) is 0 Å². The lowest BCUT2D eigenvalue weighted by atomic mass is 9.92. The highest BCUT2D eigenvalue weighted by Crippen LogP contribution is 2.40. The molecule has 2 atom stereocenters. The number of nitrogens with zero attached hydrogens (tertiary/aromatic N) is 1. The standard InChI is InChI=1S/C45H31N3O/c1-2-13-28(14-3-1)43-46-44(48-45(47-43)39-26-30-16-5-6-17-32(30)34-19-8-9-20-35(34)39)31-25-29-15-4-7-18-33(29)38(27-31)36-22-12-24-41-42(36)37-21-10-11-23-40(37)49-41/h1-27,43,45,47H,(H,46,48). The molecule has 2 heterocycles. The molecule has 0 amide bonds. The summed E-state index contributed by atoms with van der Waals surface area (Å²) in [6, 6.07) is 58.1. The highest BCUT2D eigenvalue weighted by Gasteiger charge is 2.28. The van der Waals surface area contributed by atoms with Gasteiger partial charge in [0, 0.05) is 16.3 Å². The van der Waals surface area contributed by atoms with Gasteiger partial charge in [-0.3, -0.25) is 5.32 Å². The quantitative estimate of drug-likeness (QED) is 0.190. The van der Waals surface area contributed by atoms with Gasteiger partial charge in [-0.25, -0.2) is 4.99 Å². The molecular weight excluding hydrogens is 599 g/mol. The number of hydrogen-bond donors (Lipinski definition) is 2. The van der Waals surface area contributed by atoms with Gasteiger partial charge in [-0.1, -0.05) is 133 Å². The Balaban J connectivity index is 1.19. The monoisotopic (exact) mass is 629 g/mol. The zero-order valence-corrected chi connectivity index (χ0v) is 26.6. The van der Waals surface area contributed by atoms with Crippen molar-refractivity contribution in [1.29, 1.82) is 0 Å². The van der Waals surface area contributed by atoms with Crippen LogP contribution in [0.5, 0.6) is 0 Å². The summed E-state index contributed by atoms with van der Waals surface area (Å²) in [6.45, 7) is 0. The number of amidine groups is 1. The van der Waals surface area contributed by atoms with Crippen molar-refractivity contribution in [2.24, 2.45) is 4.99 Å². The minimum atomic E-state index is -0.246. The summed E-state index contributed by atoms with van der Waals surface area (Å²) in [5, 5.41) is 17.3. The van der Waals surface area contributed by atoms with Gasteiger partial charge in [0.15, 0.2) is 0 Å². The smallest absolute Gasteiger partial charge is 0.136 e. The number of furan rings is 1. The maximum absolute atomic E-state index is 6.32. The number of para-hydroxylation sites is 1. The average molecular weight is 630 g/mol. The van der Waals surface area contributed by atoms with Crippen LogP contribution >= 0.6 is 0 Å². The molecule has 0 bridgehead atoms. The molecule has 0 fully saturated rings. The molecule has 2 N–H and O–H groups in total. The highest BCUT2D eigenvalue weighted by atomic mass is 16.3. The van der Waals surface area contributed by atoms with E-state index in [1.165, 1.54) is 32.5 Å². The second-order valence-corrected chi connectivity index (χ2v) is 12.8. The number of rotatable bonds is 4. The number of nitrogens with one attached hydrogen (secondary N) is 2. The molecule has 4 heteroatoms. The molecular formula is C45H31N3O. The minimum absolute atomic E-state index is 0.191. The lowest BCUT2D eigenvalue weighted by Gasteiger charge is -2.33. The van der Waals surface area contributed by atoms with E-state index >= 15 is 0 Å². The average Bonchev–Trinajstić information content (AvgIpc) is 3.56. The fraction of sp³-hybridized carbons (Fsp3) is 0.0444. The van der Waals surface area contributed by atoms with E-state index in [4.69, 9.17) is 9.41 Å². The fourth-order valence-electron chi connectivity index (χ4n) is 7.66. The van der Waals surface area contributed by atoms with Crippen LogP contribution in [0.1, 0.15) is 29.0 Å². The molecule has 9 aromatic rings. The van der Waals surface area contributed by atoms with E-state index in [-0.39, 0.29) is 12.3 Å². The molecule has 0 radical (unpaired) electrons. The number of aliphatic imine (C=N–C) groups is 1. The second kappa shape index (κ2) is 11.2. The molecule has 2 unspecified atom stereocenters. The maximum Gasteiger partial charge on any atom is 0.136 e. The van der Waals surface area contributed by atoms with Gasteiger partial charge in [0.05, 0.1) is 0 Å².